The van der Waals surface area contributed by atoms with Crippen LogP contribution in [-0.2, 0) is 114 Å². The largest absolute Gasteiger partial charge is 0.481 e. The van der Waals surface area contributed by atoms with Crippen molar-refractivity contribution in [3.63, 3.8) is 0 Å². The highest BCUT2D eigenvalue weighted by atomic mass is 35.5. The minimum Gasteiger partial charge on any atom is -0.481 e. The third kappa shape index (κ3) is 23.2. The average Bonchev–Trinajstić information content (AvgIpc) is 1.60. The number of halogens is 9. The molecular weight excluding hydrogens is 1450 g/mol. The SMILES string of the molecule is C=C(CC(=O)O)OO.CC(=O)c1ccc(CNc2c(Cl)ccc3c2CCN(C(=O)C(F)(F)F)CC3)cc1.CC(=O)c1ccc(CNc2c(Cl)ccc3c2CCNCC3)cc1.CC1(c2ccc(CN)cc2)OCCO1.CC1(c2ccc(CNc3c(Cl)ccc4c3CCN(C(=O)C(F)(F)F)CC4)cc2)OCCO1. The highest BCUT2D eigenvalue weighted by Crippen LogP contribution is 2.38. The number of ketones is 2. The molecular formula is C78H86Cl3F6N7O12. The number of aliphatic carboxylic acids is 1. The Balaban J connectivity index is 0.000000177. The van der Waals surface area contributed by atoms with Crippen LogP contribution in [0, 0.1) is 0 Å². The summed E-state index contributed by atoms with van der Waals surface area (Å²) < 4.78 is 99.4. The van der Waals surface area contributed by atoms with Gasteiger partial charge in [0.05, 0.1) is 58.6 Å². The molecule has 28 heteroatoms. The van der Waals surface area contributed by atoms with Crippen molar-refractivity contribution in [3.8, 4) is 0 Å². The lowest BCUT2D eigenvalue weighted by molar-refractivity contribution is -0.206. The van der Waals surface area contributed by atoms with Crippen LogP contribution >= 0.6 is 34.8 Å². The fraction of sp³-hybridized carbons (Fsp3) is 0.372. The fourth-order valence-corrected chi connectivity index (χ4v) is 13.1. The van der Waals surface area contributed by atoms with E-state index in [4.69, 9.17) is 69.8 Å². The van der Waals surface area contributed by atoms with Crippen LogP contribution in [0.5, 0.6) is 0 Å². The van der Waals surface area contributed by atoms with E-state index in [0.717, 1.165) is 108 Å². The molecule has 8 N–H and O–H groups in total. The van der Waals surface area contributed by atoms with Gasteiger partial charge in [-0.25, -0.2) is 5.26 Å². The van der Waals surface area contributed by atoms with Gasteiger partial charge in [-0.15, -0.1) is 0 Å². The van der Waals surface area contributed by atoms with E-state index in [1.54, 1.807) is 37.3 Å². The average molecular weight is 1530 g/mol. The molecule has 5 aliphatic rings. The molecule has 0 bridgehead atoms. The molecule has 0 radical (unpaired) electrons. The molecule has 106 heavy (non-hydrogen) atoms. The number of benzene rings is 7. The molecule has 0 atom stereocenters. The van der Waals surface area contributed by atoms with E-state index in [0.29, 0.717) is 98.9 Å². The van der Waals surface area contributed by atoms with Gasteiger partial charge in [0.2, 0.25) is 0 Å². The van der Waals surface area contributed by atoms with Crippen molar-refractivity contribution in [2.24, 2.45) is 5.73 Å². The number of Topliss-reactive ketones (excluding diaryl/α,β-unsaturated/α-hetero) is 2. The molecule has 5 aliphatic heterocycles. The number of nitrogens with two attached hydrogens (primary N) is 1. The van der Waals surface area contributed by atoms with Crippen molar-refractivity contribution in [2.75, 3.05) is 81.6 Å². The summed E-state index contributed by atoms with van der Waals surface area (Å²) in [7, 11) is 0. The number of amides is 2. The minimum absolute atomic E-state index is 0.00630. The van der Waals surface area contributed by atoms with Crippen molar-refractivity contribution >= 4 is 81.2 Å². The highest BCUT2D eigenvalue weighted by molar-refractivity contribution is 6.34. The predicted molar refractivity (Wildman–Crippen MR) is 394 cm³/mol. The molecule has 568 valence electrons. The second kappa shape index (κ2) is 38.3. The normalized spacial score (nSPS) is 15.7. The van der Waals surface area contributed by atoms with Gasteiger partial charge in [0.1, 0.15) is 12.2 Å². The van der Waals surface area contributed by atoms with Gasteiger partial charge in [-0.1, -0.05) is 157 Å². The van der Waals surface area contributed by atoms with Crippen LogP contribution < -0.4 is 27.0 Å². The molecule has 0 aromatic heterocycles. The summed E-state index contributed by atoms with van der Waals surface area (Å²) >= 11 is 19.2. The van der Waals surface area contributed by atoms with Gasteiger partial charge in [-0.2, -0.15) is 26.3 Å². The van der Waals surface area contributed by atoms with Crippen molar-refractivity contribution < 1.29 is 84.5 Å². The van der Waals surface area contributed by atoms with Crippen molar-refractivity contribution in [1.29, 1.82) is 0 Å². The first-order valence-electron chi connectivity index (χ1n) is 34.3. The van der Waals surface area contributed by atoms with E-state index in [1.165, 1.54) is 18.1 Å². The number of nitrogens with zero attached hydrogens (tertiary/aromatic N) is 2. The number of ether oxygens (including phenoxy) is 4. The number of fused-ring (bicyclic) bond motifs is 3. The van der Waals surface area contributed by atoms with Crippen LogP contribution in [0.4, 0.5) is 43.4 Å². The van der Waals surface area contributed by atoms with Crippen LogP contribution in [0.15, 0.2) is 146 Å². The zero-order chi connectivity index (χ0) is 76.9. The molecule has 7 aromatic rings. The molecule has 12 rings (SSSR count). The summed E-state index contributed by atoms with van der Waals surface area (Å²) in [4.78, 5) is 60.9. The summed E-state index contributed by atoms with van der Waals surface area (Å²) in [6, 6.07) is 41.9. The second-order valence-electron chi connectivity index (χ2n) is 25.7. The van der Waals surface area contributed by atoms with Gasteiger partial charge in [0, 0.05) is 74.6 Å². The Morgan fingerprint density at radius 2 is 0.830 bits per heavy atom. The summed E-state index contributed by atoms with van der Waals surface area (Å²) in [5, 5.41) is 30.9. The first kappa shape index (κ1) is 83.0. The summed E-state index contributed by atoms with van der Waals surface area (Å²) in [6.45, 7) is 16.6. The maximum atomic E-state index is 12.9. The molecule has 0 spiro atoms. The van der Waals surface area contributed by atoms with Gasteiger partial charge in [0.15, 0.2) is 23.1 Å². The van der Waals surface area contributed by atoms with E-state index >= 15 is 0 Å². The topological polar surface area (TPSA) is 253 Å². The molecule has 0 saturated carbocycles. The number of carboxylic acids is 1. The summed E-state index contributed by atoms with van der Waals surface area (Å²) in [6.07, 6.45) is -6.83. The Bertz CT molecular complexity index is 4180. The van der Waals surface area contributed by atoms with Gasteiger partial charge in [-0.3, -0.25) is 24.0 Å². The van der Waals surface area contributed by atoms with E-state index < -0.39 is 41.7 Å². The number of rotatable bonds is 17. The first-order valence-corrected chi connectivity index (χ1v) is 35.4. The van der Waals surface area contributed by atoms with Gasteiger partial charge >= 0.3 is 30.1 Å². The van der Waals surface area contributed by atoms with Crippen LogP contribution in [0.25, 0.3) is 0 Å². The zero-order valence-corrected chi connectivity index (χ0v) is 61.4. The second-order valence-corrected chi connectivity index (χ2v) is 26.9. The van der Waals surface area contributed by atoms with Crippen LogP contribution in [0.3, 0.4) is 0 Å². The number of hydrogen-bond acceptors (Lipinski definition) is 16. The van der Waals surface area contributed by atoms with E-state index in [9.17, 15) is 50.3 Å². The molecule has 2 saturated heterocycles. The quantitative estimate of drug-likeness (QED) is 0.0147. The van der Waals surface area contributed by atoms with Gasteiger partial charge < -0.3 is 65.7 Å². The van der Waals surface area contributed by atoms with Gasteiger partial charge in [0.25, 0.3) is 0 Å². The van der Waals surface area contributed by atoms with Crippen molar-refractivity contribution in [3.05, 3.63) is 239 Å². The molecule has 2 fully saturated rings. The zero-order valence-electron chi connectivity index (χ0n) is 59.1. The third-order valence-electron chi connectivity index (χ3n) is 18.3. The maximum Gasteiger partial charge on any atom is 0.471 e. The number of carbonyl (C=O) groups excluding carboxylic acids is 4. The number of nitrogens with one attached hydrogen (secondary N) is 4. The highest BCUT2D eigenvalue weighted by Gasteiger charge is 2.44. The Morgan fingerprint density at radius 1 is 0.509 bits per heavy atom. The van der Waals surface area contributed by atoms with Crippen molar-refractivity contribution in [1.82, 2.24) is 15.1 Å². The van der Waals surface area contributed by atoms with Crippen LogP contribution in [-0.4, -0.2) is 128 Å². The Hall–Kier alpha value is -8.60. The molecule has 5 heterocycles. The van der Waals surface area contributed by atoms with E-state index in [2.05, 4.69) is 38.8 Å². The first-order chi connectivity index (χ1) is 50.4. The number of carboxylic acid groups (broad SMARTS) is 1. The molecule has 0 aliphatic carbocycles. The predicted octanol–water partition coefficient (Wildman–Crippen LogP) is 15.0. The third-order valence-corrected chi connectivity index (χ3v) is 19.2. The fourth-order valence-electron chi connectivity index (χ4n) is 12.4. The molecule has 19 nitrogen and oxygen atoms in total. The van der Waals surface area contributed by atoms with Crippen LogP contribution in [0.2, 0.25) is 15.1 Å². The summed E-state index contributed by atoms with van der Waals surface area (Å²) in [5.74, 6) is -6.07. The van der Waals surface area contributed by atoms with E-state index in [1.807, 2.05) is 111 Å². The number of carbonyl (C=O) groups is 5. The lowest BCUT2D eigenvalue weighted by atomic mass is 10.0. The van der Waals surface area contributed by atoms with Gasteiger partial charge in [-0.05, 0) is 153 Å². The smallest absolute Gasteiger partial charge is 0.471 e. The summed E-state index contributed by atoms with van der Waals surface area (Å²) in [5.41, 5.74) is 21.6. The minimum atomic E-state index is -4.87. The molecule has 7 aromatic carbocycles. The Kier molecular flexibility index (Phi) is 30.0. The maximum absolute atomic E-state index is 12.9. The Morgan fingerprint density at radius 3 is 1.15 bits per heavy atom. The lowest BCUT2D eigenvalue weighted by Gasteiger charge is -2.23. The van der Waals surface area contributed by atoms with Crippen molar-refractivity contribution in [2.45, 2.75) is 123 Å². The number of alkyl halides is 6. The number of anilines is 3. The molecule has 2 amide bonds. The lowest BCUT2D eigenvalue weighted by Crippen LogP contribution is -2.42. The standard InChI is InChI=1S/C23H24ClF3N2O3.C21H20ClF3N2O2.C19H21ClN2O.C11H15NO2.C4H6O4/c1-22(31-12-13-32-22)17-5-2-15(3-6-17)14-28-20-18-9-11-29(21(30)23(25,26)27)10-8-16(18)4-7-19(20)24;1-13(28)15-4-2-14(3-5-15)12-26-19-17-9-11-27(20(29)21(23,24)25)10-8-16(17)6-7-18(19)22;1-13(23)15-4-2-14(3-5-15)12-22-19-17-9-11-21-10-8-16(17)6-7-18(19)20;1-11(13-6-7-14-11)10-4-2-9(8-12)3-5-10;1-3(8-7)2-4(5)6/h2-7,28H,8-14H2,1H3;2-7,26H,8-12H2,1H3;2-7,21-22H,8-12H2,1H3;2-5H,6-8,12H2,1H3;7H,1-2H2,(H,5,6). The monoisotopic (exact) mass is 1530 g/mol. The Labute approximate surface area is 626 Å². The van der Waals surface area contributed by atoms with E-state index in [-0.39, 0.29) is 56.3 Å². The molecule has 0 unspecified atom stereocenters. The van der Waals surface area contributed by atoms with Crippen LogP contribution in [0.1, 0.15) is 122 Å². The number of hydrogen-bond donors (Lipinski definition) is 7.